The average molecular weight is 360 g/mol. The lowest BCUT2D eigenvalue weighted by atomic mass is 10.2. The summed E-state index contributed by atoms with van der Waals surface area (Å²) in [6.07, 6.45) is 0. The number of halogens is 2. The first kappa shape index (κ1) is 17.8. The number of nitrogens with zero attached hydrogens (tertiary/aromatic N) is 2. The molecule has 0 unspecified atom stereocenters. The fourth-order valence-electron chi connectivity index (χ4n) is 2.41. The van der Waals surface area contributed by atoms with Crippen LogP contribution in [0.5, 0.6) is 0 Å². The molecule has 0 atom stereocenters. The van der Waals surface area contributed by atoms with E-state index in [9.17, 15) is 0 Å². The van der Waals surface area contributed by atoms with Gasteiger partial charge in [-0.3, -0.25) is 4.90 Å². The van der Waals surface area contributed by atoms with E-state index in [1.165, 1.54) is 5.56 Å². The molecule has 1 N–H and O–H groups in total. The summed E-state index contributed by atoms with van der Waals surface area (Å²) in [6.45, 7) is 10.1. The third-order valence-corrected chi connectivity index (χ3v) is 4.85. The van der Waals surface area contributed by atoms with Crippen LogP contribution in [-0.4, -0.2) is 47.6 Å². The van der Waals surface area contributed by atoms with Crippen molar-refractivity contribution in [3.8, 4) is 0 Å². The van der Waals surface area contributed by atoms with Crippen LogP contribution in [0.25, 0.3) is 0 Å². The van der Waals surface area contributed by atoms with Gasteiger partial charge in [0.2, 0.25) is 0 Å². The maximum Gasteiger partial charge on any atom is 0.169 e. The van der Waals surface area contributed by atoms with E-state index in [1.807, 2.05) is 18.2 Å². The zero-order chi connectivity index (χ0) is 16.1. The first-order valence-electron chi connectivity index (χ1n) is 7.64. The minimum Gasteiger partial charge on any atom is -0.362 e. The van der Waals surface area contributed by atoms with Gasteiger partial charge >= 0.3 is 0 Å². The maximum atomic E-state index is 6.07. The molecule has 1 heterocycles. The highest BCUT2D eigenvalue weighted by molar-refractivity contribution is 7.80. The SMILES string of the molecule is CC(C)CNC(=S)N1CCN(Cc2ccc(Cl)c(Cl)c2)CC1. The summed E-state index contributed by atoms with van der Waals surface area (Å²) < 4.78 is 0. The van der Waals surface area contributed by atoms with Gasteiger partial charge in [-0.15, -0.1) is 0 Å². The van der Waals surface area contributed by atoms with E-state index >= 15 is 0 Å². The Kier molecular flexibility index (Phi) is 6.75. The van der Waals surface area contributed by atoms with E-state index in [-0.39, 0.29) is 0 Å². The Morgan fingerprint density at radius 1 is 1.18 bits per heavy atom. The van der Waals surface area contributed by atoms with Crippen LogP contribution in [0.3, 0.4) is 0 Å². The summed E-state index contributed by atoms with van der Waals surface area (Å²) in [5.74, 6) is 0.605. The molecule has 0 aliphatic carbocycles. The highest BCUT2D eigenvalue weighted by Crippen LogP contribution is 2.23. The van der Waals surface area contributed by atoms with Crippen molar-refractivity contribution in [1.82, 2.24) is 15.1 Å². The highest BCUT2D eigenvalue weighted by Gasteiger charge is 2.19. The van der Waals surface area contributed by atoms with Crippen LogP contribution in [-0.2, 0) is 6.54 Å². The predicted molar refractivity (Wildman–Crippen MR) is 98.8 cm³/mol. The first-order chi connectivity index (χ1) is 10.5. The minimum absolute atomic E-state index is 0.605. The van der Waals surface area contributed by atoms with Gasteiger partial charge < -0.3 is 10.2 Å². The Hall–Kier alpha value is -0.550. The molecule has 3 nitrogen and oxygen atoms in total. The molecule has 0 radical (unpaired) electrons. The summed E-state index contributed by atoms with van der Waals surface area (Å²) in [4.78, 5) is 4.67. The molecule has 0 bridgehead atoms. The van der Waals surface area contributed by atoms with Crippen molar-refractivity contribution in [1.29, 1.82) is 0 Å². The van der Waals surface area contributed by atoms with Crippen LogP contribution in [0, 0.1) is 5.92 Å². The molecular formula is C16H23Cl2N3S. The molecule has 1 fully saturated rings. The monoisotopic (exact) mass is 359 g/mol. The van der Waals surface area contributed by atoms with Crippen LogP contribution in [0.1, 0.15) is 19.4 Å². The molecule has 22 heavy (non-hydrogen) atoms. The molecule has 0 aromatic heterocycles. The quantitative estimate of drug-likeness (QED) is 0.826. The number of nitrogens with one attached hydrogen (secondary N) is 1. The Morgan fingerprint density at radius 3 is 2.45 bits per heavy atom. The van der Waals surface area contributed by atoms with E-state index in [0.717, 1.165) is 44.4 Å². The smallest absolute Gasteiger partial charge is 0.169 e. The number of hydrogen-bond acceptors (Lipinski definition) is 2. The lowest BCUT2D eigenvalue weighted by Gasteiger charge is -2.36. The molecule has 1 saturated heterocycles. The fraction of sp³-hybridized carbons (Fsp3) is 0.562. The van der Waals surface area contributed by atoms with Crippen molar-refractivity contribution in [2.24, 2.45) is 5.92 Å². The molecule has 6 heteroatoms. The van der Waals surface area contributed by atoms with Crippen molar-refractivity contribution in [2.75, 3.05) is 32.7 Å². The van der Waals surface area contributed by atoms with Gasteiger partial charge in [0.15, 0.2) is 5.11 Å². The minimum atomic E-state index is 0.605. The number of piperazine rings is 1. The normalized spacial score (nSPS) is 16.1. The van der Waals surface area contributed by atoms with Gasteiger partial charge in [0.1, 0.15) is 0 Å². The van der Waals surface area contributed by atoms with Crippen molar-refractivity contribution in [3.05, 3.63) is 33.8 Å². The second-order valence-electron chi connectivity index (χ2n) is 6.09. The lowest BCUT2D eigenvalue weighted by molar-refractivity contribution is 0.174. The average Bonchev–Trinajstić information content (AvgIpc) is 2.49. The molecule has 1 aromatic carbocycles. The van der Waals surface area contributed by atoms with Gasteiger partial charge in [0, 0.05) is 39.3 Å². The van der Waals surface area contributed by atoms with Crippen LogP contribution < -0.4 is 5.32 Å². The van der Waals surface area contributed by atoms with Gasteiger partial charge in [-0.25, -0.2) is 0 Å². The molecule has 122 valence electrons. The maximum absolute atomic E-state index is 6.07. The van der Waals surface area contributed by atoms with Crippen molar-refractivity contribution in [2.45, 2.75) is 20.4 Å². The van der Waals surface area contributed by atoms with E-state index in [2.05, 4.69) is 29.0 Å². The predicted octanol–water partition coefficient (Wildman–Crippen LogP) is 3.64. The molecule has 1 aliphatic rings. The number of thiocarbonyl (C=S) groups is 1. The van der Waals surface area contributed by atoms with E-state index < -0.39 is 0 Å². The third kappa shape index (κ3) is 5.27. The van der Waals surface area contributed by atoms with Crippen molar-refractivity contribution >= 4 is 40.5 Å². The Labute approximate surface area is 148 Å². The van der Waals surface area contributed by atoms with E-state index in [1.54, 1.807) is 0 Å². The van der Waals surface area contributed by atoms with Gasteiger partial charge in [0.25, 0.3) is 0 Å². The molecule has 1 aromatic rings. The Morgan fingerprint density at radius 2 is 1.86 bits per heavy atom. The highest BCUT2D eigenvalue weighted by atomic mass is 35.5. The largest absolute Gasteiger partial charge is 0.362 e. The standard InChI is InChI=1S/C16H23Cl2N3S/c1-12(2)10-19-16(22)21-7-5-20(6-8-21)11-13-3-4-14(17)15(18)9-13/h3-4,9,12H,5-8,10-11H2,1-2H3,(H,19,22). The third-order valence-electron chi connectivity index (χ3n) is 3.71. The van der Waals surface area contributed by atoms with Crippen LogP contribution in [0.15, 0.2) is 18.2 Å². The van der Waals surface area contributed by atoms with E-state index in [4.69, 9.17) is 35.4 Å². The molecule has 0 saturated carbocycles. The number of hydrogen-bond donors (Lipinski definition) is 1. The van der Waals surface area contributed by atoms with Gasteiger partial charge in [-0.1, -0.05) is 43.1 Å². The fourth-order valence-corrected chi connectivity index (χ4v) is 3.00. The van der Waals surface area contributed by atoms with Crippen LogP contribution in [0.2, 0.25) is 10.0 Å². The van der Waals surface area contributed by atoms with Gasteiger partial charge in [-0.05, 0) is 35.8 Å². The molecule has 1 aliphatic heterocycles. The molecule has 2 rings (SSSR count). The topological polar surface area (TPSA) is 18.5 Å². The van der Waals surface area contributed by atoms with Gasteiger partial charge in [-0.2, -0.15) is 0 Å². The lowest BCUT2D eigenvalue weighted by Crippen LogP contribution is -2.51. The summed E-state index contributed by atoms with van der Waals surface area (Å²) in [5, 5.41) is 5.44. The molecule has 0 amide bonds. The van der Waals surface area contributed by atoms with Crippen LogP contribution in [0.4, 0.5) is 0 Å². The second-order valence-corrected chi connectivity index (χ2v) is 7.29. The number of rotatable bonds is 4. The number of benzene rings is 1. The zero-order valence-corrected chi connectivity index (χ0v) is 15.4. The van der Waals surface area contributed by atoms with Crippen LogP contribution >= 0.6 is 35.4 Å². The summed E-state index contributed by atoms with van der Waals surface area (Å²) in [7, 11) is 0. The summed E-state index contributed by atoms with van der Waals surface area (Å²) in [5.41, 5.74) is 1.20. The Balaban J connectivity index is 1.79. The summed E-state index contributed by atoms with van der Waals surface area (Å²) in [6, 6.07) is 5.85. The Bertz CT molecular complexity index is 514. The van der Waals surface area contributed by atoms with Crippen molar-refractivity contribution < 1.29 is 0 Å². The summed E-state index contributed by atoms with van der Waals surface area (Å²) >= 11 is 17.5. The zero-order valence-electron chi connectivity index (χ0n) is 13.1. The molecular weight excluding hydrogens is 337 g/mol. The van der Waals surface area contributed by atoms with Crippen molar-refractivity contribution in [3.63, 3.8) is 0 Å². The second kappa shape index (κ2) is 8.34. The molecule has 0 spiro atoms. The first-order valence-corrected chi connectivity index (χ1v) is 8.81. The van der Waals surface area contributed by atoms with Gasteiger partial charge in [0.05, 0.1) is 10.0 Å². The van der Waals surface area contributed by atoms with E-state index in [0.29, 0.717) is 16.0 Å².